The molecule has 1 aromatic carbocycles. The number of sulfone groups is 1. The lowest BCUT2D eigenvalue weighted by molar-refractivity contribution is 0.0853. The van der Waals surface area contributed by atoms with E-state index in [2.05, 4.69) is 44.3 Å². The minimum Gasteiger partial charge on any atom is -0.362 e. The van der Waals surface area contributed by atoms with E-state index in [1.54, 1.807) is 6.07 Å². The van der Waals surface area contributed by atoms with Gasteiger partial charge in [-0.2, -0.15) is 0 Å². The lowest BCUT2D eigenvalue weighted by Crippen LogP contribution is -2.57. The standard InChI is InChI=1S/C24H30N6O3S/c1-14(2)21(16-7-6-15-5-4-8-34(32,33)20(15)9-16)29-23-18-10-19(28-22(18)25-13-26-23)24(31)27-17-11-30(3)12-17/h6-7,9-10,13-14,17,21H,4-5,8,11-12H2,1-3H3,(H,27,31)(H2,25,26,28,29)/t21-/m0/s1. The van der Waals surface area contributed by atoms with Crippen molar-refractivity contribution < 1.29 is 13.2 Å². The first-order chi connectivity index (χ1) is 16.2. The number of aromatic amines is 1. The van der Waals surface area contributed by atoms with E-state index in [0.717, 1.165) is 36.0 Å². The van der Waals surface area contributed by atoms with Crippen molar-refractivity contribution >= 4 is 32.6 Å². The molecule has 2 aliphatic heterocycles. The number of hydrogen-bond donors (Lipinski definition) is 3. The van der Waals surface area contributed by atoms with E-state index in [9.17, 15) is 13.2 Å². The van der Waals surface area contributed by atoms with Gasteiger partial charge in [0, 0.05) is 13.1 Å². The SMILES string of the molecule is CC(C)[C@H](Nc1ncnc2[nH]c(C(=O)NC3CN(C)C3)cc12)c1ccc2c(c1)S(=O)(=O)CCC2. The molecule has 3 N–H and O–H groups in total. The molecule has 1 fully saturated rings. The van der Waals surface area contributed by atoms with Crippen molar-refractivity contribution in [3.8, 4) is 0 Å². The second-order valence-corrected chi connectivity index (χ2v) is 11.8. The Hall–Kier alpha value is -2.98. The highest BCUT2D eigenvalue weighted by atomic mass is 32.2. The predicted molar refractivity (Wildman–Crippen MR) is 131 cm³/mol. The summed E-state index contributed by atoms with van der Waals surface area (Å²) in [5.41, 5.74) is 2.80. The van der Waals surface area contributed by atoms with E-state index in [0.29, 0.717) is 28.5 Å². The van der Waals surface area contributed by atoms with Gasteiger partial charge in [-0.15, -0.1) is 0 Å². The zero-order valence-electron chi connectivity index (χ0n) is 19.6. The molecule has 0 unspecified atom stereocenters. The third-order valence-corrected chi connectivity index (χ3v) is 8.55. The first-order valence-electron chi connectivity index (χ1n) is 11.7. The van der Waals surface area contributed by atoms with E-state index >= 15 is 0 Å². The fourth-order valence-electron chi connectivity index (χ4n) is 4.84. The number of hydrogen-bond acceptors (Lipinski definition) is 7. The molecule has 0 spiro atoms. The number of aromatic nitrogens is 3. The smallest absolute Gasteiger partial charge is 0.268 e. The largest absolute Gasteiger partial charge is 0.362 e. The van der Waals surface area contributed by atoms with Crippen LogP contribution >= 0.6 is 0 Å². The van der Waals surface area contributed by atoms with Gasteiger partial charge < -0.3 is 20.5 Å². The maximum atomic E-state index is 12.7. The predicted octanol–water partition coefficient (Wildman–Crippen LogP) is 2.53. The highest BCUT2D eigenvalue weighted by Crippen LogP contribution is 2.33. The Morgan fingerprint density at radius 1 is 1.21 bits per heavy atom. The first kappa shape index (κ1) is 22.8. The Bertz CT molecular complexity index is 1340. The summed E-state index contributed by atoms with van der Waals surface area (Å²) in [4.78, 5) is 27.1. The van der Waals surface area contributed by atoms with Crippen molar-refractivity contribution in [2.24, 2.45) is 5.92 Å². The molecule has 10 heteroatoms. The Kier molecular flexibility index (Phi) is 5.81. The number of benzene rings is 1. The molecule has 9 nitrogen and oxygen atoms in total. The van der Waals surface area contributed by atoms with Crippen LogP contribution in [0.1, 0.15) is 47.9 Å². The number of aryl methyl sites for hydroxylation is 1. The van der Waals surface area contributed by atoms with Crippen LogP contribution in [0.15, 0.2) is 35.5 Å². The number of rotatable bonds is 6. The fourth-order valence-corrected chi connectivity index (χ4v) is 6.47. The van der Waals surface area contributed by atoms with Crippen LogP contribution in [0.2, 0.25) is 0 Å². The molecule has 0 radical (unpaired) electrons. The van der Waals surface area contributed by atoms with E-state index < -0.39 is 9.84 Å². The quantitative estimate of drug-likeness (QED) is 0.494. The number of likely N-dealkylation sites (N-methyl/N-ethyl adjacent to an activating group) is 1. The molecule has 1 atom stereocenters. The molecule has 4 heterocycles. The van der Waals surface area contributed by atoms with E-state index in [1.807, 2.05) is 25.2 Å². The number of nitrogens with one attached hydrogen (secondary N) is 3. The molecule has 0 aliphatic carbocycles. The van der Waals surface area contributed by atoms with E-state index in [-0.39, 0.29) is 29.7 Å². The van der Waals surface area contributed by atoms with E-state index in [4.69, 9.17) is 0 Å². The molecule has 1 amide bonds. The van der Waals surface area contributed by atoms with Crippen LogP contribution in [0, 0.1) is 5.92 Å². The van der Waals surface area contributed by atoms with Crippen LogP contribution in [0.4, 0.5) is 5.82 Å². The van der Waals surface area contributed by atoms with Gasteiger partial charge in [-0.05, 0) is 49.1 Å². The number of carbonyl (C=O) groups is 1. The molecule has 0 saturated carbocycles. The van der Waals surface area contributed by atoms with Gasteiger partial charge in [0.2, 0.25) is 0 Å². The number of carbonyl (C=O) groups excluding carboxylic acids is 1. The van der Waals surface area contributed by atoms with Crippen LogP contribution in [0.5, 0.6) is 0 Å². The van der Waals surface area contributed by atoms with Gasteiger partial charge in [-0.3, -0.25) is 4.79 Å². The summed E-state index contributed by atoms with van der Waals surface area (Å²) >= 11 is 0. The van der Waals surface area contributed by atoms with Crippen molar-refractivity contribution in [3.05, 3.63) is 47.4 Å². The van der Waals surface area contributed by atoms with Gasteiger partial charge in [-0.1, -0.05) is 26.0 Å². The van der Waals surface area contributed by atoms with Crippen LogP contribution in [0.3, 0.4) is 0 Å². The van der Waals surface area contributed by atoms with Crippen molar-refractivity contribution in [2.75, 3.05) is 31.2 Å². The molecule has 3 aromatic rings. The topological polar surface area (TPSA) is 120 Å². The number of likely N-dealkylation sites (tertiary alicyclic amines) is 1. The Balaban J connectivity index is 1.44. The number of anilines is 1. The van der Waals surface area contributed by atoms with E-state index in [1.165, 1.54) is 6.33 Å². The molecule has 0 bridgehead atoms. The maximum Gasteiger partial charge on any atom is 0.268 e. The average Bonchev–Trinajstić information content (AvgIpc) is 3.21. The van der Waals surface area contributed by atoms with Crippen LogP contribution < -0.4 is 10.6 Å². The first-order valence-corrected chi connectivity index (χ1v) is 13.3. The normalized spacial score (nSPS) is 18.9. The van der Waals surface area contributed by atoms with Gasteiger partial charge in [0.05, 0.1) is 28.1 Å². The van der Waals surface area contributed by atoms with Crippen molar-refractivity contribution in [2.45, 2.75) is 43.7 Å². The summed E-state index contributed by atoms with van der Waals surface area (Å²) in [7, 11) is -1.24. The summed E-state index contributed by atoms with van der Waals surface area (Å²) in [6.07, 6.45) is 2.91. The lowest BCUT2D eigenvalue weighted by atomic mass is 9.94. The van der Waals surface area contributed by atoms with Gasteiger partial charge in [0.25, 0.3) is 5.91 Å². The van der Waals surface area contributed by atoms with Crippen molar-refractivity contribution in [1.82, 2.24) is 25.2 Å². The van der Waals surface area contributed by atoms with Crippen LogP contribution in [0.25, 0.3) is 11.0 Å². The molecule has 180 valence electrons. The number of nitrogens with zero attached hydrogens (tertiary/aromatic N) is 3. The van der Waals surface area contributed by atoms with Crippen molar-refractivity contribution in [1.29, 1.82) is 0 Å². The zero-order chi connectivity index (χ0) is 24.0. The minimum absolute atomic E-state index is 0.151. The molecule has 5 rings (SSSR count). The van der Waals surface area contributed by atoms with Crippen LogP contribution in [-0.2, 0) is 16.3 Å². The molecular formula is C24H30N6O3S. The highest BCUT2D eigenvalue weighted by Gasteiger charge is 2.28. The maximum absolute atomic E-state index is 12.7. The second-order valence-electron chi connectivity index (χ2n) is 9.71. The van der Waals surface area contributed by atoms with Gasteiger partial charge in [0.1, 0.15) is 23.5 Å². The summed E-state index contributed by atoms with van der Waals surface area (Å²) in [6, 6.07) is 7.50. The summed E-state index contributed by atoms with van der Waals surface area (Å²) in [5.74, 6) is 0.790. The molecule has 2 aromatic heterocycles. The van der Waals surface area contributed by atoms with Gasteiger partial charge in [-0.25, -0.2) is 18.4 Å². The average molecular weight is 483 g/mol. The third-order valence-electron chi connectivity index (χ3n) is 6.67. The summed E-state index contributed by atoms with van der Waals surface area (Å²) in [6.45, 7) is 5.83. The Morgan fingerprint density at radius 3 is 2.74 bits per heavy atom. The fraction of sp³-hybridized carbons (Fsp3) is 0.458. The number of H-pyrrole nitrogens is 1. The monoisotopic (exact) mass is 482 g/mol. The number of amides is 1. The minimum atomic E-state index is -3.25. The van der Waals surface area contributed by atoms with Crippen LogP contribution in [-0.4, -0.2) is 66.1 Å². The van der Waals surface area contributed by atoms with Crippen molar-refractivity contribution in [3.63, 3.8) is 0 Å². The highest BCUT2D eigenvalue weighted by molar-refractivity contribution is 7.91. The molecule has 2 aliphatic rings. The summed E-state index contributed by atoms with van der Waals surface area (Å²) in [5, 5.41) is 7.23. The molecular weight excluding hydrogens is 452 g/mol. The van der Waals surface area contributed by atoms with Gasteiger partial charge in [0.15, 0.2) is 9.84 Å². The van der Waals surface area contributed by atoms with Gasteiger partial charge >= 0.3 is 0 Å². The number of fused-ring (bicyclic) bond motifs is 2. The summed E-state index contributed by atoms with van der Waals surface area (Å²) < 4.78 is 25.3. The zero-order valence-corrected chi connectivity index (χ0v) is 20.4. The Morgan fingerprint density at radius 2 is 2.00 bits per heavy atom. The Labute approximate surface area is 199 Å². The lowest BCUT2D eigenvalue weighted by Gasteiger charge is -2.36. The second kappa shape index (κ2) is 8.66. The molecule has 34 heavy (non-hydrogen) atoms. The molecule has 1 saturated heterocycles. The third kappa shape index (κ3) is 4.27.